The number of amides is 2. The Kier molecular flexibility index (Phi) is 6.02. The number of carbonyl (C=O) groups excluding carboxylic acids is 2. The molecule has 2 amide bonds. The van der Waals surface area contributed by atoms with Crippen LogP contribution in [-0.4, -0.2) is 17.5 Å². The average molecular weight is 321 g/mol. The fourth-order valence-corrected chi connectivity index (χ4v) is 1.92. The van der Waals surface area contributed by atoms with Gasteiger partial charge in [0.05, 0.1) is 5.71 Å². The average Bonchev–Trinajstić information content (AvgIpc) is 2.58. The van der Waals surface area contributed by atoms with Gasteiger partial charge in [-0.2, -0.15) is 5.10 Å². The zero-order valence-corrected chi connectivity index (χ0v) is 13.6. The maximum Gasteiger partial charge on any atom is 0.329 e. The zero-order chi connectivity index (χ0) is 17.4. The van der Waals surface area contributed by atoms with E-state index in [4.69, 9.17) is 0 Å². The van der Waals surface area contributed by atoms with Gasteiger partial charge >= 0.3 is 11.8 Å². The Bertz CT molecular complexity index is 780. The van der Waals surface area contributed by atoms with Crippen LogP contribution in [0.2, 0.25) is 0 Å². The molecule has 2 aromatic carbocycles. The molecular formula is C19H19N3O2. The largest absolute Gasteiger partial charge is 0.329 e. The Morgan fingerprint density at radius 1 is 1.00 bits per heavy atom. The van der Waals surface area contributed by atoms with E-state index in [-0.39, 0.29) is 0 Å². The van der Waals surface area contributed by atoms with Gasteiger partial charge in [-0.15, -0.1) is 0 Å². The van der Waals surface area contributed by atoms with Crippen LogP contribution in [0.25, 0.3) is 6.08 Å². The maximum atomic E-state index is 11.8. The number of nitrogens with one attached hydrogen (secondary N) is 2. The summed E-state index contributed by atoms with van der Waals surface area (Å²) < 4.78 is 0. The molecule has 122 valence electrons. The van der Waals surface area contributed by atoms with E-state index < -0.39 is 11.8 Å². The summed E-state index contributed by atoms with van der Waals surface area (Å²) in [5.74, 6) is -1.58. The smallest absolute Gasteiger partial charge is 0.318 e. The van der Waals surface area contributed by atoms with Gasteiger partial charge in [0.1, 0.15) is 0 Å². The fraction of sp³-hybridized carbons (Fsp3) is 0.105. The zero-order valence-electron chi connectivity index (χ0n) is 13.6. The highest BCUT2D eigenvalue weighted by Crippen LogP contribution is 2.09. The summed E-state index contributed by atoms with van der Waals surface area (Å²) in [5.41, 5.74) is 5.40. The standard InChI is InChI=1S/C19H19N3O2/c1-14-7-6-10-17(13-14)20-18(23)19(24)22-21-15(2)11-12-16-8-4-3-5-9-16/h3-13H,1-2H3,(H,20,23)(H,22,24)/b12-11+,21-15-. The number of hydrogen-bond donors (Lipinski definition) is 2. The quantitative estimate of drug-likeness (QED) is 0.516. The maximum absolute atomic E-state index is 11.8. The molecule has 0 radical (unpaired) electrons. The molecule has 0 spiro atoms. The Hall–Kier alpha value is -3.21. The van der Waals surface area contributed by atoms with Crippen LogP contribution in [0.4, 0.5) is 5.69 Å². The minimum atomic E-state index is -0.816. The number of aryl methyl sites for hydroxylation is 1. The Morgan fingerprint density at radius 2 is 1.75 bits per heavy atom. The number of rotatable bonds is 4. The molecule has 0 saturated carbocycles. The molecule has 2 aromatic rings. The highest BCUT2D eigenvalue weighted by Gasteiger charge is 2.12. The normalized spacial score (nSPS) is 11.3. The van der Waals surface area contributed by atoms with E-state index >= 15 is 0 Å². The van der Waals surface area contributed by atoms with Gasteiger partial charge in [-0.05, 0) is 43.2 Å². The summed E-state index contributed by atoms with van der Waals surface area (Å²) in [6, 6.07) is 16.9. The first-order valence-electron chi connectivity index (χ1n) is 7.50. The van der Waals surface area contributed by atoms with Crippen molar-refractivity contribution in [2.24, 2.45) is 5.10 Å². The lowest BCUT2D eigenvalue weighted by Crippen LogP contribution is -2.32. The van der Waals surface area contributed by atoms with Gasteiger partial charge < -0.3 is 5.32 Å². The van der Waals surface area contributed by atoms with Crippen LogP contribution in [0.15, 0.2) is 65.8 Å². The number of hydrazone groups is 1. The Morgan fingerprint density at radius 3 is 2.46 bits per heavy atom. The van der Waals surface area contributed by atoms with Crippen LogP contribution >= 0.6 is 0 Å². The van der Waals surface area contributed by atoms with Gasteiger partial charge in [-0.25, -0.2) is 5.43 Å². The summed E-state index contributed by atoms with van der Waals surface area (Å²) in [4.78, 5) is 23.6. The van der Waals surface area contributed by atoms with E-state index in [0.29, 0.717) is 11.4 Å². The van der Waals surface area contributed by atoms with Gasteiger partial charge in [0.15, 0.2) is 0 Å². The van der Waals surface area contributed by atoms with E-state index in [2.05, 4.69) is 15.8 Å². The van der Waals surface area contributed by atoms with E-state index in [1.807, 2.05) is 49.4 Å². The third-order valence-corrected chi connectivity index (χ3v) is 3.13. The van der Waals surface area contributed by atoms with E-state index in [9.17, 15) is 9.59 Å². The molecule has 0 aliphatic rings. The van der Waals surface area contributed by atoms with Crippen LogP contribution < -0.4 is 10.7 Å². The monoisotopic (exact) mass is 321 g/mol. The van der Waals surface area contributed by atoms with Crippen molar-refractivity contribution in [1.82, 2.24) is 5.43 Å². The Labute approximate surface area is 141 Å². The topological polar surface area (TPSA) is 70.6 Å². The lowest BCUT2D eigenvalue weighted by molar-refractivity contribution is -0.136. The van der Waals surface area contributed by atoms with Crippen molar-refractivity contribution in [2.45, 2.75) is 13.8 Å². The summed E-state index contributed by atoms with van der Waals surface area (Å²) in [7, 11) is 0. The summed E-state index contributed by atoms with van der Waals surface area (Å²) >= 11 is 0. The van der Waals surface area contributed by atoms with Crippen LogP contribution in [0, 0.1) is 6.92 Å². The number of allylic oxidation sites excluding steroid dienone is 1. The molecule has 0 aromatic heterocycles. The van der Waals surface area contributed by atoms with Crippen LogP contribution in [0.1, 0.15) is 18.1 Å². The molecule has 0 saturated heterocycles. The van der Waals surface area contributed by atoms with Crippen LogP contribution in [-0.2, 0) is 9.59 Å². The van der Waals surface area contributed by atoms with Gasteiger partial charge in [0.25, 0.3) is 0 Å². The number of benzene rings is 2. The third-order valence-electron chi connectivity index (χ3n) is 3.13. The molecule has 0 aliphatic heterocycles. The van der Waals surface area contributed by atoms with E-state index in [1.165, 1.54) is 0 Å². The molecule has 2 rings (SSSR count). The molecule has 5 heteroatoms. The van der Waals surface area contributed by atoms with Crippen LogP contribution in [0.5, 0.6) is 0 Å². The van der Waals surface area contributed by atoms with Gasteiger partial charge in [0.2, 0.25) is 0 Å². The number of nitrogens with zero attached hydrogens (tertiary/aromatic N) is 1. The molecular weight excluding hydrogens is 302 g/mol. The molecule has 0 atom stereocenters. The summed E-state index contributed by atoms with van der Waals surface area (Å²) in [6.07, 6.45) is 3.63. The molecule has 5 nitrogen and oxygen atoms in total. The van der Waals surface area contributed by atoms with Crippen molar-refractivity contribution in [3.8, 4) is 0 Å². The molecule has 0 bridgehead atoms. The molecule has 0 unspecified atom stereocenters. The van der Waals surface area contributed by atoms with Crippen molar-refractivity contribution in [3.05, 3.63) is 71.8 Å². The predicted molar refractivity (Wildman–Crippen MR) is 96.5 cm³/mol. The van der Waals surface area contributed by atoms with E-state index in [1.54, 1.807) is 31.2 Å². The second-order valence-corrected chi connectivity index (χ2v) is 5.26. The molecule has 0 aliphatic carbocycles. The minimum absolute atomic E-state index is 0.569. The first-order valence-corrected chi connectivity index (χ1v) is 7.50. The second-order valence-electron chi connectivity index (χ2n) is 5.26. The number of anilines is 1. The predicted octanol–water partition coefficient (Wildman–Crippen LogP) is 3.14. The van der Waals surface area contributed by atoms with Crippen molar-refractivity contribution < 1.29 is 9.59 Å². The fourth-order valence-electron chi connectivity index (χ4n) is 1.92. The van der Waals surface area contributed by atoms with Crippen molar-refractivity contribution in [3.63, 3.8) is 0 Å². The number of hydrogen-bond acceptors (Lipinski definition) is 3. The first kappa shape index (κ1) is 17.1. The van der Waals surface area contributed by atoms with E-state index in [0.717, 1.165) is 11.1 Å². The molecule has 2 N–H and O–H groups in total. The molecule has 24 heavy (non-hydrogen) atoms. The highest BCUT2D eigenvalue weighted by molar-refractivity contribution is 6.39. The lowest BCUT2D eigenvalue weighted by atomic mass is 10.2. The second kappa shape index (κ2) is 8.43. The van der Waals surface area contributed by atoms with Crippen LogP contribution in [0.3, 0.4) is 0 Å². The van der Waals surface area contributed by atoms with Crippen molar-refractivity contribution in [1.29, 1.82) is 0 Å². The SMILES string of the molecule is CC(/C=C/c1ccccc1)=N/NC(=O)C(=O)Nc1cccc(C)c1. The highest BCUT2D eigenvalue weighted by atomic mass is 16.2. The van der Waals surface area contributed by atoms with Crippen molar-refractivity contribution in [2.75, 3.05) is 5.32 Å². The van der Waals surface area contributed by atoms with Gasteiger partial charge in [0, 0.05) is 5.69 Å². The minimum Gasteiger partial charge on any atom is -0.318 e. The lowest BCUT2D eigenvalue weighted by Gasteiger charge is -2.04. The third kappa shape index (κ3) is 5.53. The Balaban J connectivity index is 1.89. The summed E-state index contributed by atoms with van der Waals surface area (Å²) in [6.45, 7) is 3.64. The molecule has 0 heterocycles. The number of carbonyl (C=O) groups is 2. The van der Waals surface area contributed by atoms with Gasteiger partial charge in [-0.1, -0.05) is 48.5 Å². The van der Waals surface area contributed by atoms with Gasteiger partial charge in [-0.3, -0.25) is 9.59 Å². The van der Waals surface area contributed by atoms with Crippen molar-refractivity contribution >= 4 is 29.3 Å². The first-order chi connectivity index (χ1) is 11.5. The molecule has 0 fully saturated rings. The summed E-state index contributed by atoms with van der Waals surface area (Å²) in [5, 5.41) is 6.41.